The van der Waals surface area contributed by atoms with Crippen molar-refractivity contribution in [3.05, 3.63) is 65.7 Å². The normalized spacial score (nSPS) is 14.4. The molecule has 0 saturated carbocycles. The van der Waals surface area contributed by atoms with Crippen LogP contribution in [-0.4, -0.2) is 56.5 Å². The summed E-state index contributed by atoms with van der Waals surface area (Å²) >= 11 is 0. The van der Waals surface area contributed by atoms with Crippen molar-refractivity contribution < 1.29 is 9.59 Å². The lowest BCUT2D eigenvalue weighted by Crippen LogP contribution is -2.44. The van der Waals surface area contributed by atoms with Crippen molar-refractivity contribution in [2.24, 2.45) is 0 Å². The number of benzene rings is 2. The number of rotatable bonds is 7. The molecule has 0 aliphatic carbocycles. The first-order chi connectivity index (χ1) is 14.1. The van der Waals surface area contributed by atoms with Crippen LogP contribution < -0.4 is 15.5 Å². The predicted octanol–water partition coefficient (Wildman–Crippen LogP) is 1.80. The van der Waals surface area contributed by atoms with Crippen LogP contribution in [0.3, 0.4) is 0 Å². The van der Waals surface area contributed by atoms with E-state index in [9.17, 15) is 9.59 Å². The first-order valence-electron chi connectivity index (χ1n) is 10.2. The van der Waals surface area contributed by atoms with E-state index in [1.807, 2.05) is 30.3 Å². The summed E-state index contributed by atoms with van der Waals surface area (Å²) in [6.07, 6.45) is 1.67. The number of piperazine rings is 1. The van der Waals surface area contributed by atoms with Gasteiger partial charge in [-0.25, -0.2) is 0 Å². The minimum absolute atomic E-state index is 0.354. The fraction of sp³-hybridized carbons (Fsp3) is 0.391. The lowest BCUT2D eigenvalue weighted by atomic mass is 10.1. The van der Waals surface area contributed by atoms with Crippen molar-refractivity contribution in [1.29, 1.82) is 0 Å². The first-order valence-corrected chi connectivity index (χ1v) is 10.2. The summed E-state index contributed by atoms with van der Waals surface area (Å²) in [6, 6.07) is 18.2. The van der Waals surface area contributed by atoms with Gasteiger partial charge in [-0.15, -0.1) is 0 Å². The maximum absolute atomic E-state index is 11.9. The monoisotopic (exact) mass is 394 g/mol. The third kappa shape index (κ3) is 6.61. The average Bonchev–Trinajstić information content (AvgIpc) is 2.76. The molecule has 3 rings (SSSR count). The van der Waals surface area contributed by atoms with Crippen molar-refractivity contribution in [2.75, 3.05) is 44.7 Å². The Hall–Kier alpha value is -2.86. The molecule has 2 aromatic rings. The second-order valence-electron chi connectivity index (χ2n) is 7.48. The number of anilines is 1. The van der Waals surface area contributed by atoms with Gasteiger partial charge in [0.05, 0.1) is 0 Å². The van der Waals surface area contributed by atoms with Gasteiger partial charge in [-0.05, 0) is 43.1 Å². The van der Waals surface area contributed by atoms with Gasteiger partial charge in [0.25, 0.3) is 0 Å². The molecule has 1 aliphatic rings. The Kier molecular flexibility index (Phi) is 7.64. The molecular weight excluding hydrogens is 364 g/mol. The van der Waals surface area contributed by atoms with Crippen LogP contribution in [0.15, 0.2) is 54.6 Å². The van der Waals surface area contributed by atoms with E-state index in [-0.39, 0.29) is 0 Å². The second kappa shape index (κ2) is 10.6. The van der Waals surface area contributed by atoms with Crippen molar-refractivity contribution in [3.63, 3.8) is 0 Å². The number of hydrogen-bond acceptors (Lipinski definition) is 4. The Bertz CT molecular complexity index is 784. The second-order valence-corrected chi connectivity index (χ2v) is 7.48. The molecular formula is C23H30N4O2. The number of aryl methyl sites for hydroxylation is 1. The third-order valence-corrected chi connectivity index (χ3v) is 5.23. The van der Waals surface area contributed by atoms with Crippen molar-refractivity contribution in [2.45, 2.75) is 19.4 Å². The van der Waals surface area contributed by atoms with E-state index in [4.69, 9.17) is 0 Å². The van der Waals surface area contributed by atoms with E-state index in [0.717, 1.165) is 44.6 Å². The van der Waals surface area contributed by atoms with Crippen molar-refractivity contribution >= 4 is 17.5 Å². The third-order valence-electron chi connectivity index (χ3n) is 5.23. The largest absolute Gasteiger partial charge is 0.369 e. The number of nitrogens with zero attached hydrogens (tertiary/aromatic N) is 2. The summed E-state index contributed by atoms with van der Waals surface area (Å²) in [7, 11) is 2.16. The fourth-order valence-corrected chi connectivity index (χ4v) is 3.37. The van der Waals surface area contributed by atoms with E-state index < -0.39 is 11.8 Å². The molecule has 0 spiro atoms. The molecule has 154 valence electrons. The highest BCUT2D eigenvalue weighted by atomic mass is 16.2. The standard InChI is InChI=1S/C23H30N4O2/c1-26-14-16-27(17-15-26)21-11-9-19(10-12-21)8-5-13-24-22(28)23(29)25-18-20-6-3-2-4-7-20/h2-4,6-7,9-12H,5,8,13-18H2,1H3,(H,24,28)(H,25,29). The van der Waals surface area contributed by atoms with Crippen LogP contribution in [0.4, 0.5) is 5.69 Å². The number of likely N-dealkylation sites (N-methyl/N-ethyl adjacent to an activating group) is 1. The van der Waals surface area contributed by atoms with Crippen LogP contribution in [-0.2, 0) is 22.6 Å². The van der Waals surface area contributed by atoms with Crippen LogP contribution >= 0.6 is 0 Å². The van der Waals surface area contributed by atoms with Crippen molar-refractivity contribution in [1.82, 2.24) is 15.5 Å². The van der Waals surface area contributed by atoms with E-state index in [0.29, 0.717) is 13.1 Å². The number of amides is 2. The molecule has 1 fully saturated rings. The summed E-state index contributed by atoms with van der Waals surface area (Å²) < 4.78 is 0. The molecule has 2 amide bonds. The molecule has 0 radical (unpaired) electrons. The van der Waals surface area contributed by atoms with Gasteiger partial charge in [-0.1, -0.05) is 42.5 Å². The fourth-order valence-electron chi connectivity index (χ4n) is 3.37. The lowest BCUT2D eigenvalue weighted by Gasteiger charge is -2.34. The highest BCUT2D eigenvalue weighted by molar-refractivity contribution is 6.35. The zero-order chi connectivity index (χ0) is 20.5. The van der Waals surface area contributed by atoms with Crippen LogP contribution in [0.25, 0.3) is 0 Å². The molecule has 6 nitrogen and oxygen atoms in total. The smallest absolute Gasteiger partial charge is 0.309 e. The first kappa shape index (κ1) is 20.9. The predicted molar refractivity (Wildman–Crippen MR) is 116 cm³/mol. The zero-order valence-corrected chi connectivity index (χ0v) is 17.1. The van der Waals surface area contributed by atoms with Crippen molar-refractivity contribution in [3.8, 4) is 0 Å². The summed E-state index contributed by atoms with van der Waals surface area (Å²) in [5, 5.41) is 5.33. The van der Waals surface area contributed by atoms with E-state index in [2.05, 4.69) is 51.7 Å². The van der Waals surface area contributed by atoms with Gasteiger partial charge in [0.1, 0.15) is 0 Å². The van der Waals surface area contributed by atoms with Gasteiger partial charge >= 0.3 is 11.8 Å². The topological polar surface area (TPSA) is 64.7 Å². The minimum Gasteiger partial charge on any atom is -0.369 e. The van der Waals surface area contributed by atoms with E-state index in [1.54, 1.807) is 0 Å². The molecule has 1 aliphatic heterocycles. The summed E-state index contributed by atoms with van der Waals surface area (Å²) in [5.41, 5.74) is 3.48. The summed E-state index contributed by atoms with van der Waals surface area (Å²) in [6.45, 7) is 5.16. The van der Waals surface area contributed by atoms with Gasteiger partial charge in [0.2, 0.25) is 0 Å². The van der Waals surface area contributed by atoms with Gasteiger partial charge < -0.3 is 20.4 Å². The number of carbonyl (C=O) groups excluding carboxylic acids is 2. The molecule has 29 heavy (non-hydrogen) atoms. The summed E-state index contributed by atoms with van der Waals surface area (Å²) in [5.74, 6) is -1.17. The Morgan fingerprint density at radius 2 is 1.48 bits per heavy atom. The molecule has 2 N–H and O–H groups in total. The van der Waals surface area contributed by atoms with E-state index in [1.165, 1.54) is 11.3 Å². The van der Waals surface area contributed by atoms with Gasteiger partial charge in [0, 0.05) is 45.0 Å². The molecule has 1 saturated heterocycles. The maximum atomic E-state index is 11.9. The number of hydrogen-bond donors (Lipinski definition) is 2. The Morgan fingerprint density at radius 1 is 0.828 bits per heavy atom. The Labute approximate surface area is 172 Å². The zero-order valence-electron chi connectivity index (χ0n) is 17.1. The number of carbonyl (C=O) groups is 2. The molecule has 0 unspecified atom stereocenters. The van der Waals surface area contributed by atoms with Crippen LogP contribution in [0.5, 0.6) is 0 Å². The molecule has 2 aromatic carbocycles. The lowest BCUT2D eigenvalue weighted by molar-refractivity contribution is -0.139. The number of nitrogens with one attached hydrogen (secondary N) is 2. The quantitative estimate of drug-likeness (QED) is 0.555. The molecule has 1 heterocycles. The molecule has 6 heteroatoms. The average molecular weight is 395 g/mol. The van der Waals surface area contributed by atoms with Gasteiger partial charge in [0.15, 0.2) is 0 Å². The van der Waals surface area contributed by atoms with E-state index >= 15 is 0 Å². The molecule has 0 aromatic heterocycles. The summed E-state index contributed by atoms with van der Waals surface area (Å²) in [4.78, 5) is 28.5. The molecule has 0 atom stereocenters. The Balaban J connectivity index is 1.33. The van der Waals surface area contributed by atoms with Gasteiger partial charge in [-0.2, -0.15) is 0 Å². The van der Waals surface area contributed by atoms with Crippen LogP contribution in [0, 0.1) is 0 Å². The maximum Gasteiger partial charge on any atom is 0.309 e. The highest BCUT2D eigenvalue weighted by Gasteiger charge is 2.14. The molecule has 0 bridgehead atoms. The SMILES string of the molecule is CN1CCN(c2ccc(CCCNC(=O)C(=O)NCc3ccccc3)cc2)CC1. The van der Waals surface area contributed by atoms with Crippen LogP contribution in [0.2, 0.25) is 0 Å². The van der Waals surface area contributed by atoms with Gasteiger partial charge in [-0.3, -0.25) is 9.59 Å². The van der Waals surface area contributed by atoms with Crippen LogP contribution in [0.1, 0.15) is 17.5 Å². The minimum atomic E-state index is -0.592. The Morgan fingerprint density at radius 3 is 2.17 bits per heavy atom. The highest BCUT2D eigenvalue weighted by Crippen LogP contribution is 2.17.